The third kappa shape index (κ3) is 8.87. The first kappa shape index (κ1) is 12.0. The number of hydrogen-bond acceptors (Lipinski definition) is 0. The largest absolute Gasteiger partial charge is 0.103 e. The van der Waals surface area contributed by atoms with E-state index in [4.69, 9.17) is 0 Å². The standard InChI is InChI=1S/C13H20/c1-4-6-7-8-9-10-12-13(3)11-5-2/h4-10,13H,2,11-12H2,1,3H3. The van der Waals surface area contributed by atoms with Crippen molar-refractivity contribution in [1.29, 1.82) is 0 Å². The summed E-state index contributed by atoms with van der Waals surface area (Å²) < 4.78 is 0. The van der Waals surface area contributed by atoms with Gasteiger partial charge in [-0.2, -0.15) is 0 Å². The predicted octanol–water partition coefficient (Wildman–Crippen LogP) is 4.28. The first-order valence-corrected chi connectivity index (χ1v) is 4.86. The smallest absolute Gasteiger partial charge is 0.0319 e. The van der Waals surface area contributed by atoms with Crippen LogP contribution in [0.5, 0.6) is 0 Å². The zero-order chi connectivity index (χ0) is 9.94. The third-order valence-corrected chi connectivity index (χ3v) is 1.77. The van der Waals surface area contributed by atoms with Gasteiger partial charge in [-0.05, 0) is 25.7 Å². The van der Waals surface area contributed by atoms with Crippen LogP contribution >= 0.6 is 0 Å². The fraction of sp³-hybridized carbons (Fsp3) is 0.385. The van der Waals surface area contributed by atoms with E-state index in [1.807, 2.05) is 31.2 Å². The summed E-state index contributed by atoms with van der Waals surface area (Å²) in [5.41, 5.74) is 0. The molecule has 0 radical (unpaired) electrons. The second kappa shape index (κ2) is 9.05. The van der Waals surface area contributed by atoms with Gasteiger partial charge in [0, 0.05) is 0 Å². The van der Waals surface area contributed by atoms with Gasteiger partial charge in [-0.25, -0.2) is 0 Å². The van der Waals surface area contributed by atoms with Crippen molar-refractivity contribution in [3.8, 4) is 0 Å². The van der Waals surface area contributed by atoms with Gasteiger partial charge in [0.2, 0.25) is 0 Å². The molecule has 0 heterocycles. The average Bonchev–Trinajstić information content (AvgIpc) is 2.11. The van der Waals surface area contributed by atoms with Crippen LogP contribution in [0.4, 0.5) is 0 Å². The molecule has 0 rings (SSSR count). The zero-order valence-corrected chi connectivity index (χ0v) is 8.74. The third-order valence-electron chi connectivity index (χ3n) is 1.77. The molecule has 0 saturated carbocycles. The monoisotopic (exact) mass is 176 g/mol. The normalized spacial score (nSPS) is 14.6. The molecule has 0 amide bonds. The molecule has 0 aromatic carbocycles. The van der Waals surface area contributed by atoms with E-state index < -0.39 is 0 Å². The van der Waals surface area contributed by atoms with Crippen molar-refractivity contribution in [3.05, 3.63) is 49.1 Å². The highest BCUT2D eigenvalue weighted by molar-refractivity contribution is 5.10. The number of hydrogen-bond donors (Lipinski definition) is 0. The van der Waals surface area contributed by atoms with Crippen LogP contribution < -0.4 is 0 Å². The van der Waals surface area contributed by atoms with E-state index in [0.717, 1.165) is 12.8 Å². The van der Waals surface area contributed by atoms with Crippen molar-refractivity contribution in [2.24, 2.45) is 5.92 Å². The first-order valence-electron chi connectivity index (χ1n) is 4.86. The Morgan fingerprint density at radius 3 is 2.38 bits per heavy atom. The van der Waals surface area contributed by atoms with Gasteiger partial charge in [0.25, 0.3) is 0 Å². The molecule has 0 aliphatic rings. The summed E-state index contributed by atoms with van der Waals surface area (Å²) in [5, 5.41) is 0. The topological polar surface area (TPSA) is 0 Å². The van der Waals surface area contributed by atoms with Crippen LogP contribution in [0, 0.1) is 5.92 Å². The molecule has 0 bridgehead atoms. The Labute approximate surface area is 82.4 Å². The van der Waals surface area contributed by atoms with E-state index in [1.165, 1.54) is 0 Å². The Balaban J connectivity index is 3.56. The Bertz CT molecular complexity index is 194. The first-order chi connectivity index (χ1) is 6.31. The van der Waals surface area contributed by atoms with Crippen LogP contribution in [0.1, 0.15) is 26.7 Å². The van der Waals surface area contributed by atoms with Crippen LogP contribution in [-0.2, 0) is 0 Å². The van der Waals surface area contributed by atoms with Crippen molar-refractivity contribution in [2.45, 2.75) is 26.7 Å². The van der Waals surface area contributed by atoms with Gasteiger partial charge in [0.05, 0.1) is 0 Å². The molecule has 0 saturated heterocycles. The predicted molar refractivity (Wildman–Crippen MR) is 61.7 cm³/mol. The molecule has 0 aliphatic carbocycles. The molecule has 0 fully saturated rings. The summed E-state index contributed by atoms with van der Waals surface area (Å²) in [6.45, 7) is 7.97. The minimum absolute atomic E-state index is 0.712. The lowest BCUT2D eigenvalue weighted by atomic mass is 10.0. The van der Waals surface area contributed by atoms with E-state index in [0.29, 0.717) is 5.92 Å². The summed E-state index contributed by atoms with van der Waals surface area (Å²) in [6, 6.07) is 0. The lowest BCUT2D eigenvalue weighted by molar-refractivity contribution is 0.604. The van der Waals surface area contributed by atoms with E-state index in [1.54, 1.807) is 0 Å². The molecule has 72 valence electrons. The maximum Gasteiger partial charge on any atom is -0.0319 e. The molecule has 1 atom stereocenters. The minimum Gasteiger partial charge on any atom is -0.103 e. The average molecular weight is 176 g/mol. The van der Waals surface area contributed by atoms with Gasteiger partial charge in [0.1, 0.15) is 0 Å². The van der Waals surface area contributed by atoms with Crippen LogP contribution in [0.15, 0.2) is 49.1 Å². The van der Waals surface area contributed by atoms with Crippen LogP contribution in [0.3, 0.4) is 0 Å². The molecule has 0 heteroatoms. The second-order valence-electron chi connectivity index (χ2n) is 3.20. The highest BCUT2D eigenvalue weighted by Crippen LogP contribution is 2.07. The van der Waals surface area contributed by atoms with E-state index in [-0.39, 0.29) is 0 Å². The summed E-state index contributed by atoms with van der Waals surface area (Å²) in [5.74, 6) is 0.712. The van der Waals surface area contributed by atoms with Crippen LogP contribution in [0.2, 0.25) is 0 Å². The lowest BCUT2D eigenvalue weighted by Crippen LogP contribution is -1.88. The highest BCUT2D eigenvalue weighted by Gasteiger charge is 1.93. The van der Waals surface area contributed by atoms with Gasteiger partial charge in [-0.3, -0.25) is 0 Å². The Morgan fingerprint density at radius 2 is 1.77 bits per heavy atom. The second-order valence-corrected chi connectivity index (χ2v) is 3.20. The maximum atomic E-state index is 3.72. The Kier molecular flexibility index (Phi) is 8.33. The quantitative estimate of drug-likeness (QED) is 0.418. The number of rotatable bonds is 6. The molecule has 0 nitrogen and oxygen atoms in total. The van der Waals surface area contributed by atoms with Crippen molar-refractivity contribution in [3.63, 3.8) is 0 Å². The van der Waals surface area contributed by atoms with Crippen molar-refractivity contribution < 1.29 is 0 Å². The van der Waals surface area contributed by atoms with Crippen molar-refractivity contribution in [2.75, 3.05) is 0 Å². The Hall–Kier alpha value is -1.04. The molecule has 0 aromatic rings. The fourth-order valence-electron chi connectivity index (χ4n) is 1.01. The molecule has 0 spiro atoms. The van der Waals surface area contributed by atoms with E-state index >= 15 is 0 Å². The molecule has 1 unspecified atom stereocenters. The molecule has 0 aromatic heterocycles. The van der Waals surface area contributed by atoms with E-state index in [2.05, 4.69) is 31.7 Å². The lowest BCUT2D eigenvalue weighted by Gasteiger charge is -2.02. The summed E-state index contributed by atoms with van der Waals surface area (Å²) in [7, 11) is 0. The van der Waals surface area contributed by atoms with Crippen molar-refractivity contribution in [1.82, 2.24) is 0 Å². The summed E-state index contributed by atoms with van der Waals surface area (Å²) in [6.07, 6.45) is 16.6. The molecule has 0 N–H and O–H groups in total. The molecular formula is C13H20. The van der Waals surface area contributed by atoms with Gasteiger partial charge in [-0.1, -0.05) is 49.5 Å². The van der Waals surface area contributed by atoms with Gasteiger partial charge < -0.3 is 0 Å². The molecular weight excluding hydrogens is 156 g/mol. The summed E-state index contributed by atoms with van der Waals surface area (Å²) in [4.78, 5) is 0. The summed E-state index contributed by atoms with van der Waals surface area (Å²) >= 11 is 0. The van der Waals surface area contributed by atoms with Gasteiger partial charge >= 0.3 is 0 Å². The Morgan fingerprint density at radius 1 is 1.08 bits per heavy atom. The fourth-order valence-corrected chi connectivity index (χ4v) is 1.01. The van der Waals surface area contributed by atoms with Crippen LogP contribution in [0.25, 0.3) is 0 Å². The zero-order valence-electron chi connectivity index (χ0n) is 8.74. The van der Waals surface area contributed by atoms with E-state index in [9.17, 15) is 0 Å². The minimum atomic E-state index is 0.712. The van der Waals surface area contributed by atoms with Gasteiger partial charge in [-0.15, -0.1) is 6.58 Å². The SMILES string of the molecule is C=CCC(C)CC=CC=CC=CC. The molecule has 0 aliphatic heterocycles. The number of allylic oxidation sites excluding steroid dienone is 7. The van der Waals surface area contributed by atoms with Crippen LogP contribution in [-0.4, -0.2) is 0 Å². The molecule has 13 heavy (non-hydrogen) atoms. The maximum absolute atomic E-state index is 3.72. The van der Waals surface area contributed by atoms with Gasteiger partial charge in [0.15, 0.2) is 0 Å². The van der Waals surface area contributed by atoms with Crippen molar-refractivity contribution >= 4 is 0 Å². The highest BCUT2D eigenvalue weighted by atomic mass is 14.0.